The number of aromatic nitrogens is 1. The van der Waals surface area contributed by atoms with Crippen LogP contribution in [0.3, 0.4) is 0 Å². The number of nitrogens with one attached hydrogen (secondary N) is 1. The monoisotopic (exact) mass is 265 g/mol. The van der Waals surface area contributed by atoms with Gasteiger partial charge in [-0.2, -0.15) is 0 Å². The first-order valence-electron chi connectivity index (χ1n) is 5.91. The summed E-state index contributed by atoms with van der Waals surface area (Å²) in [6, 6.07) is 14.2. The molecule has 1 aliphatic rings. The fraction of sp³-hybridized carbons (Fsp3) is 0. The average Bonchev–Trinajstić information content (AvgIpc) is 2.95. The Balaban J connectivity index is 1.90. The predicted molar refractivity (Wildman–Crippen MR) is 76.2 cm³/mol. The maximum absolute atomic E-state index is 5.22. The zero-order chi connectivity index (χ0) is 12.7. The molecule has 2 heterocycles. The summed E-state index contributed by atoms with van der Waals surface area (Å²) in [5.74, 6) is 0. The van der Waals surface area contributed by atoms with Gasteiger partial charge in [-0.1, -0.05) is 30.3 Å². The highest BCUT2D eigenvalue weighted by molar-refractivity contribution is 7.97. The van der Waals surface area contributed by atoms with Gasteiger partial charge in [-0.15, -0.1) is 0 Å². The van der Waals surface area contributed by atoms with Crippen LogP contribution in [0.4, 0.5) is 0 Å². The van der Waals surface area contributed by atoms with E-state index in [4.69, 9.17) is 4.42 Å². The third kappa shape index (κ3) is 1.72. The van der Waals surface area contributed by atoms with E-state index in [2.05, 4.69) is 34.3 Å². The molecule has 0 unspecified atom stereocenters. The summed E-state index contributed by atoms with van der Waals surface area (Å²) in [5, 5.41) is 0. The highest BCUT2D eigenvalue weighted by Crippen LogP contribution is 2.33. The van der Waals surface area contributed by atoms with Gasteiger partial charge in [0.25, 0.3) is 6.39 Å². The van der Waals surface area contributed by atoms with Gasteiger partial charge < -0.3 is 9.14 Å². The van der Waals surface area contributed by atoms with Crippen molar-refractivity contribution in [2.24, 2.45) is 0 Å². The molecule has 19 heavy (non-hydrogen) atoms. The Hall–Kier alpha value is -2.20. The van der Waals surface area contributed by atoms with Gasteiger partial charge in [0.2, 0.25) is 0 Å². The summed E-state index contributed by atoms with van der Waals surface area (Å²) in [6.45, 7) is 0. The van der Waals surface area contributed by atoms with Gasteiger partial charge in [0, 0.05) is 10.5 Å². The molecule has 0 spiro atoms. The van der Waals surface area contributed by atoms with Crippen molar-refractivity contribution in [2.75, 3.05) is 0 Å². The SMILES string of the molecule is [c]1nc2c(C3=Cc4ccccc4SN3)cccc2o1. The second kappa shape index (κ2) is 4.17. The minimum atomic E-state index is 0.754. The van der Waals surface area contributed by atoms with E-state index in [1.54, 1.807) is 11.9 Å². The molecule has 3 nitrogen and oxygen atoms in total. The summed E-state index contributed by atoms with van der Waals surface area (Å²) in [7, 11) is 0. The van der Waals surface area contributed by atoms with E-state index >= 15 is 0 Å². The Labute approximate surface area is 114 Å². The molecule has 91 valence electrons. The van der Waals surface area contributed by atoms with Crippen LogP contribution in [0.2, 0.25) is 0 Å². The van der Waals surface area contributed by atoms with Gasteiger partial charge in [-0.05, 0) is 35.7 Å². The molecule has 0 saturated heterocycles. The molecule has 4 rings (SSSR count). The van der Waals surface area contributed by atoms with Gasteiger partial charge in [0.1, 0.15) is 5.52 Å². The highest BCUT2D eigenvalue weighted by atomic mass is 32.2. The summed E-state index contributed by atoms with van der Waals surface area (Å²) < 4.78 is 8.58. The summed E-state index contributed by atoms with van der Waals surface area (Å²) in [5.41, 5.74) is 4.87. The van der Waals surface area contributed by atoms with E-state index in [0.29, 0.717) is 0 Å². The number of hydrogen-bond acceptors (Lipinski definition) is 4. The number of rotatable bonds is 1. The topological polar surface area (TPSA) is 38.1 Å². The van der Waals surface area contributed by atoms with E-state index in [-0.39, 0.29) is 0 Å². The van der Waals surface area contributed by atoms with Crippen LogP contribution in [-0.4, -0.2) is 4.98 Å². The third-order valence-electron chi connectivity index (χ3n) is 3.09. The fourth-order valence-electron chi connectivity index (χ4n) is 2.18. The van der Waals surface area contributed by atoms with Crippen LogP contribution in [0, 0.1) is 6.39 Å². The molecule has 0 bridgehead atoms. The quantitative estimate of drug-likeness (QED) is 0.680. The number of oxazole rings is 1. The number of nitrogens with zero attached hydrogens (tertiary/aromatic N) is 1. The second-order valence-corrected chi connectivity index (χ2v) is 5.11. The smallest absolute Gasteiger partial charge is 0.284 e. The lowest BCUT2D eigenvalue weighted by Crippen LogP contribution is -2.07. The lowest BCUT2D eigenvalue weighted by molar-refractivity contribution is 0.591. The molecular formula is C15H9N2OS. The maximum Gasteiger partial charge on any atom is 0.284 e. The van der Waals surface area contributed by atoms with Crippen molar-refractivity contribution in [1.82, 2.24) is 9.71 Å². The van der Waals surface area contributed by atoms with Crippen LogP contribution < -0.4 is 4.72 Å². The van der Waals surface area contributed by atoms with Crippen molar-refractivity contribution >= 4 is 34.8 Å². The summed E-state index contributed by atoms with van der Waals surface area (Å²) in [6.07, 6.45) is 4.68. The maximum atomic E-state index is 5.22. The van der Waals surface area contributed by atoms with Crippen LogP contribution in [0.15, 0.2) is 51.8 Å². The minimum absolute atomic E-state index is 0.754. The lowest BCUT2D eigenvalue weighted by Gasteiger charge is -2.17. The summed E-state index contributed by atoms with van der Waals surface area (Å²) >= 11 is 1.62. The Kier molecular flexibility index (Phi) is 2.35. The summed E-state index contributed by atoms with van der Waals surface area (Å²) in [4.78, 5) is 5.40. The molecule has 1 aromatic heterocycles. The molecule has 1 aliphatic heterocycles. The molecule has 0 aliphatic carbocycles. The van der Waals surface area contributed by atoms with Crippen LogP contribution in [0.1, 0.15) is 11.1 Å². The van der Waals surface area contributed by atoms with Crippen molar-refractivity contribution in [2.45, 2.75) is 4.90 Å². The molecule has 0 saturated carbocycles. The van der Waals surface area contributed by atoms with E-state index in [0.717, 1.165) is 22.4 Å². The molecule has 1 N–H and O–H groups in total. The fourth-order valence-corrected chi connectivity index (χ4v) is 2.96. The van der Waals surface area contributed by atoms with E-state index < -0.39 is 0 Å². The molecule has 0 amide bonds. The van der Waals surface area contributed by atoms with Gasteiger partial charge in [0.05, 0.1) is 5.70 Å². The normalized spacial score (nSPS) is 13.8. The predicted octanol–water partition coefficient (Wildman–Crippen LogP) is 3.74. The Morgan fingerprint density at radius 3 is 3.05 bits per heavy atom. The van der Waals surface area contributed by atoms with Crippen molar-refractivity contribution in [3.63, 3.8) is 0 Å². The zero-order valence-electron chi connectivity index (χ0n) is 9.88. The lowest BCUT2D eigenvalue weighted by atomic mass is 10.1. The molecule has 0 fully saturated rings. The molecule has 1 radical (unpaired) electrons. The van der Waals surface area contributed by atoms with E-state index in [1.165, 1.54) is 10.5 Å². The second-order valence-electron chi connectivity index (χ2n) is 4.26. The number of benzene rings is 2. The Morgan fingerprint density at radius 2 is 2.05 bits per heavy atom. The molecule has 4 heteroatoms. The number of hydrogen-bond donors (Lipinski definition) is 1. The molecule has 3 aromatic rings. The van der Waals surface area contributed by atoms with E-state index in [1.807, 2.05) is 30.3 Å². The zero-order valence-corrected chi connectivity index (χ0v) is 10.7. The van der Waals surface area contributed by atoms with Gasteiger partial charge in [-0.3, -0.25) is 0 Å². The van der Waals surface area contributed by atoms with Gasteiger partial charge in [0.15, 0.2) is 5.58 Å². The largest absolute Gasteiger partial charge is 0.432 e. The van der Waals surface area contributed by atoms with Gasteiger partial charge >= 0.3 is 0 Å². The van der Waals surface area contributed by atoms with E-state index in [9.17, 15) is 0 Å². The number of fused-ring (bicyclic) bond motifs is 2. The molecular weight excluding hydrogens is 256 g/mol. The Morgan fingerprint density at radius 1 is 1.11 bits per heavy atom. The highest BCUT2D eigenvalue weighted by Gasteiger charge is 2.15. The first-order valence-corrected chi connectivity index (χ1v) is 6.73. The van der Waals surface area contributed by atoms with Crippen molar-refractivity contribution < 1.29 is 4.42 Å². The van der Waals surface area contributed by atoms with Crippen LogP contribution in [0.25, 0.3) is 22.9 Å². The van der Waals surface area contributed by atoms with Crippen LogP contribution >= 0.6 is 11.9 Å². The molecule has 2 aromatic carbocycles. The van der Waals surface area contributed by atoms with Gasteiger partial charge in [-0.25, -0.2) is 4.98 Å². The third-order valence-corrected chi connectivity index (χ3v) is 4.01. The van der Waals surface area contributed by atoms with Crippen LogP contribution in [0.5, 0.6) is 0 Å². The Bertz CT molecular complexity index is 791. The van der Waals surface area contributed by atoms with Crippen LogP contribution in [-0.2, 0) is 0 Å². The minimum Gasteiger partial charge on any atom is -0.432 e. The number of para-hydroxylation sites is 1. The standard InChI is InChI=1S/C15H9N2OS/c1-2-7-14-10(4-1)8-12(17-19-14)11-5-3-6-13-15(11)16-9-18-13/h1-8,17H. The van der Waals surface area contributed by atoms with Crippen molar-refractivity contribution in [3.05, 3.63) is 60.0 Å². The first-order chi connectivity index (χ1) is 9.42. The van der Waals surface area contributed by atoms with Crippen molar-refractivity contribution in [1.29, 1.82) is 0 Å². The molecule has 0 atom stereocenters. The first kappa shape index (κ1) is 10.7. The average molecular weight is 265 g/mol. The van der Waals surface area contributed by atoms with Crippen molar-refractivity contribution in [3.8, 4) is 0 Å².